The average molecular weight is 255 g/mol. The molecule has 3 N–H and O–H groups in total. The molecule has 1 amide bonds. The zero-order valence-electron chi connectivity index (χ0n) is 9.32. The van der Waals surface area contributed by atoms with Crippen LogP contribution in [0.3, 0.4) is 0 Å². The van der Waals surface area contributed by atoms with E-state index in [1.165, 1.54) is 0 Å². The number of anilines is 1. The number of carbonyl (C=O) groups excluding carboxylic acids is 1. The number of carboxylic acids is 1. The van der Waals surface area contributed by atoms with Crippen LogP contribution in [0.5, 0.6) is 0 Å². The van der Waals surface area contributed by atoms with Gasteiger partial charge in [0.2, 0.25) is 5.91 Å². The molecule has 1 aromatic heterocycles. The maximum atomic E-state index is 11.8. The van der Waals surface area contributed by atoms with Crippen LogP contribution in [-0.4, -0.2) is 34.4 Å². The number of carboxylic acid groups (broad SMARTS) is 1. The summed E-state index contributed by atoms with van der Waals surface area (Å²) in [6, 6.07) is 0. The van der Waals surface area contributed by atoms with Crippen molar-refractivity contribution in [3.63, 3.8) is 0 Å². The number of aryl methyl sites for hydroxylation is 1. The number of aromatic nitrogens is 1. The molecule has 7 heteroatoms. The van der Waals surface area contributed by atoms with Crippen LogP contribution < -0.4 is 10.6 Å². The molecule has 1 aliphatic heterocycles. The summed E-state index contributed by atoms with van der Waals surface area (Å²) in [5.41, 5.74) is 0.525. The van der Waals surface area contributed by atoms with Crippen molar-refractivity contribution in [2.45, 2.75) is 13.3 Å². The Bertz CT molecular complexity index is 452. The average Bonchev–Trinajstić information content (AvgIpc) is 2.87. The van der Waals surface area contributed by atoms with Crippen molar-refractivity contribution in [2.24, 2.45) is 5.92 Å². The molecule has 0 bridgehead atoms. The lowest BCUT2D eigenvalue weighted by molar-refractivity contribution is -0.119. The minimum absolute atomic E-state index is 0.0842. The summed E-state index contributed by atoms with van der Waals surface area (Å²) < 4.78 is 3.95. The standard InChI is InChI=1S/C10H13N3O3S/c1-5-7(10(15)16)9(17-13-5)12-8(14)6-2-3-11-4-6/h6,11H,2-4H2,1H3,(H,12,14)(H,15,16). The highest BCUT2D eigenvalue weighted by Crippen LogP contribution is 2.25. The Labute approximate surface area is 102 Å². The second kappa shape index (κ2) is 4.80. The summed E-state index contributed by atoms with van der Waals surface area (Å²) in [5, 5.41) is 15.1. The third kappa shape index (κ3) is 2.45. The molecule has 17 heavy (non-hydrogen) atoms. The van der Waals surface area contributed by atoms with Crippen molar-refractivity contribution in [2.75, 3.05) is 18.4 Å². The summed E-state index contributed by atoms with van der Waals surface area (Å²) >= 11 is 1.01. The molecule has 1 atom stereocenters. The van der Waals surface area contributed by atoms with E-state index in [2.05, 4.69) is 15.0 Å². The fourth-order valence-electron chi connectivity index (χ4n) is 1.80. The SMILES string of the molecule is Cc1nsc(NC(=O)C2CCNC2)c1C(=O)O. The molecule has 2 rings (SSSR count). The molecule has 0 aliphatic carbocycles. The highest BCUT2D eigenvalue weighted by Gasteiger charge is 2.25. The van der Waals surface area contributed by atoms with Crippen molar-refractivity contribution in [3.05, 3.63) is 11.3 Å². The molecule has 0 aromatic carbocycles. The number of rotatable bonds is 3. The Morgan fingerprint density at radius 2 is 2.35 bits per heavy atom. The first kappa shape index (κ1) is 12.0. The Kier molecular flexibility index (Phi) is 3.39. The monoisotopic (exact) mass is 255 g/mol. The lowest BCUT2D eigenvalue weighted by Crippen LogP contribution is -2.25. The van der Waals surface area contributed by atoms with Crippen LogP contribution in [0.15, 0.2) is 0 Å². The molecule has 2 heterocycles. The first-order valence-electron chi connectivity index (χ1n) is 5.30. The van der Waals surface area contributed by atoms with Crippen LogP contribution in [0.1, 0.15) is 22.5 Å². The van der Waals surface area contributed by atoms with Crippen LogP contribution in [0.4, 0.5) is 5.00 Å². The van der Waals surface area contributed by atoms with Gasteiger partial charge < -0.3 is 15.7 Å². The number of hydrogen-bond acceptors (Lipinski definition) is 5. The number of carbonyl (C=O) groups is 2. The molecule has 1 unspecified atom stereocenters. The normalized spacial score (nSPS) is 19.2. The Balaban J connectivity index is 2.13. The smallest absolute Gasteiger partial charge is 0.340 e. The van der Waals surface area contributed by atoms with Gasteiger partial charge in [0, 0.05) is 6.54 Å². The summed E-state index contributed by atoms with van der Waals surface area (Å²) in [7, 11) is 0. The Morgan fingerprint density at radius 1 is 1.59 bits per heavy atom. The van der Waals surface area contributed by atoms with Gasteiger partial charge in [0.15, 0.2) is 0 Å². The molecule has 1 fully saturated rings. The molecule has 1 aromatic rings. The van der Waals surface area contributed by atoms with Crippen molar-refractivity contribution in [1.29, 1.82) is 0 Å². The van der Waals surface area contributed by atoms with Crippen molar-refractivity contribution < 1.29 is 14.7 Å². The van der Waals surface area contributed by atoms with Gasteiger partial charge in [-0.1, -0.05) is 0 Å². The zero-order valence-corrected chi connectivity index (χ0v) is 10.1. The van der Waals surface area contributed by atoms with Gasteiger partial charge in [-0.2, -0.15) is 4.37 Å². The van der Waals surface area contributed by atoms with Gasteiger partial charge in [-0.15, -0.1) is 0 Å². The quantitative estimate of drug-likeness (QED) is 0.739. The van der Waals surface area contributed by atoms with Gasteiger partial charge >= 0.3 is 5.97 Å². The number of amides is 1. The van der Waals surface area contributed by atoms with Gasteiger partial charge in [0.05, 0.1) is 11.6 Å². The fourth-order valence-corrected chi connectivity index (χ4v) is 2.59. The highest BCUT2D eigenvalue weighted by atomic mass is 32.1. The minimum atomic E-state index is -1.06. The summed E-state index contributed by atoms with van der Waals surface area (Å²) in [5.74, 6) is -1.28. The molecular weight excluding hydrogens is 242 g/mol. The van der Waals surface area contributed by atoms with E-state index in [-0.39, 0.29) is 17.4 Å². The number of nitrogens with zero attached hydrogens (tertiary/aromatic N) is 1. The van der Waals surface area contributed by atoms with Gasteiger partial charge in [-0.3, -0.25) is 4.79 Å². The van der Waals surface area contributed by atoms with Gasteiger partial charge in [0.1, 0.15) is 10.6 Å². The molecule has 0 saturated carbocycles. The van der Waals surface area contributed by atoms with Crippen molar-refractivity contribution >= 4 is 28.4 Å². The molecule has 1 aliphatic rings. The van der Waals surface area contributed by atoms with Crippen LogP contribution in [0, 0.1) is 12.8 Å². The van der Waals surface area contributed by atoms with Crippen molar-refractivity contribution in [1.82, 2.24) is 9.69 Å². The summed E-state index contributed by atoms with van der Waals surface area (Å²) in [6.07, 6.45) is 0.784. The van der Waals surface area contributed by atoms with Crippen LogP contribution in [0.2, 0.25) is 0 Å². The second-order valence-electron chi connectivity index (χ2n) is 3.96. The minimum Gasteiger partial charge on any atom is -0.478 e. The van der Waals surface area contributed by atoms with Gasteiger partial charge in [-0.05, 0) is 31.4 Å². The molecule has 0 spiro atoms. The molecular formula is C10H13N3O3S. The first-order valence-corrected chi connectivity index (χ1v) is 6.08. The maximum absolute atomic E-state index is 11.8. The Hall–Kier alpha value is -1.47. The van der Waals surface area contributed by atoms with Gasteiger partial charge in [-0.25, -0.2) is 4.79 Å². The van der Waals surface area contributed by atoms with E-state index in [1.54, 1.807) is 6.92 Å². The Morgan fingerprint density at radius 3 is 2.94 bits per heavy atom. The lowest BCUT2D eigenvalue weighted by Gasteiger charge is -2.08. The molecule has 1 saturated heterocycles. The predicted molar refractivity (Wildman–Crippen MR) is 63.4 cm³/mol. The number of hydrogen-bond donors (Lipinski definition) is 3. The highest BCUT2D eigenvalue weighted by molar-refractivity contribution is 7.11. The second-order valence-corrected chi connectivity index (χ2v) is 4.73. The van der Waals surface area contributed by atoms with Crippen molar-refractivity contribution in [3.8, 4) is 0 Å². The van der Waals surface area contributed by atoms with Crippen LogP contribution >= 0.6 is 11.5 Å². The van der Waals surface area contributed by atoms with E-state index in [0.29, 0.717) is 17.2 Å². The van der Waals surface area contributed by atoms with E-state index in [0.717, 1.165) is 24.5 Å². The van der Waals surface area contributed by atoms with E-state index in [9.17, 15) is 9.59 Å². The summed E-state index contributed by atoms with van der Waals surface area (Å²) in [4.78, 5) is 22.8. The first-order chi connectivity index (χ1) is 8.09. The summed E-state index contributed by atoms with van der Waals surface area (Å²) in [6.45, 7) is 3.09. The van der Waals surface area contributed by atoms with Gasteiger partial charge in [0.25, 0.3) is 0 Å². The number of nitrogens with one attached hydrogen (secondary N) is 2. The molecule has 6 nitrogen and oxygen atoms in total. The number of aromatic carboxylic acids is 1. The third-order valence-corrected chi connectivity index (χ3v) is 3.60. The van der Waals surface area contributed by atoms with E-state index in [4.69, 9.17) is 5.11 Å². The van der Waals surface area contributed by atoms with E-state index < -0.39 is 5.97 Å². The maximum Gasteiger partial charge on any atom is 0.340 e. The van der Waals surface area contributed by atoms with Crippen LogP contribution in [0.25, 0.3) is 0 Å². The zero-order chi connectivity index (χ0) is 12.4. The molecule has 92 valence electrons. The topological polar surface area (TPSA) is 91.3 Å². The van der Waals surface area contributed by atoms with E-state index >= 15 is 0 Å². The largest absolute Gasteiger partial charge is 0.478 e. The lowest BCUT2D eigenvalue weighted by atomic mass is 10.1. The third-order valence-electron chi connectivity index (χ3n) is 2.74. The van der Waals surface area contributed by atoms with E-state index in [1.807, 2.05) is 0 Å². The predicted octanol–water partition coefficient (Wildman–Crippen LogP) is 0.698. The molecule has 0 radical (unpaired) electrons. The van der Waals surface area contributed by atoms with Crippen LogP contribution in [-0.2, 0) is 4.79 Å². The fraction of sp³-hybridized carbons (Fsp3) is 0.500.